The summed E-state index contributed by atoms with van der Waals surface area (Å²) in [6, 6.07) is -1.26. The van der Waals surface area contributed by atoms with Crippen molar-refractivity contribution >= 4 is 13.7 Å². The van der Waals surface area contributed by atoms with Gasteiger partial charge in [0, 0.05) is 0 Å². The molecule has 1 aliphatic rings. The van der Waals surface area contributed by atoms with E-state index in [0.717, 1.165) is 44.9 Å². The van der Waals surface area contributed by atoms with Crippen LogP contribution in [0.15, 0.2) is 36.5 Å². The molecule has 0 aliphatic heterocycles. The second kappa shape index (κ2) is 36.8. The third kappa shape index (κ3) is 28.8. The molecule has 1 amide bonds. The molecule has 9 N–H and O–H groups in total. The average Bonchev–Trinajstić information content (AvgIpc) is 3.23. The van der Waals surface area contributed by atoms with E-state index in [1.54, 1.807) is 6.08 Å². The molecule has 8 atom stereocenters. The molecule has 0 aromatic heterocycles. The van der Waals surface area contributed by atoms with E-state index in [0.29, 0.717) is 19.3 Å². The van der Waals surface area contributed by atoms with E-state index < -0.39 is 75.2 Å². The van der Waals surface area contributed by atoms with Gasteiger partial charge in [-0.25, -0.2) is 4.57 Å². The first kappa shape index (κ1) is 57.5. The van der Waals surface area contributed by atoms with Crippen molar-refractivity contribution in [1.82, 2.24) is 5.32 Å². The van der Waals surface area contributed by atoms with Crippen molar-refractivity contribution in [3.05, 3.63) is 36.5 Å². The SMILES string of the molecule is CCCCC/C=C/CC/C=C/CC/C=C/C(O)C(COP(=O)(O)OC1C(O)C(O)C(O)C(O)C1O)NC(=O)CC(O)CCCCCCCCCCCCCCCCCCCC. The first-order chi connectivity index (χ1) is 29.3. The molecular formula is C47H88NO12P. The maximum atomic E-state index is 13.0. The zero-order valence-corrected chi connectivity index (χ0v) is 38.7. The number of allylic oxidation sites excluding steroid dienone is 5. The first-order valence-electron chi connectivity index (χ1n) is 24.0. The number of nitrogens with one attached hydrogen (secondary N) is 1. The molecular weight excluding hydrogens is 801 g/mol. The number of rotatable bonds is 39. The van der Waals surface area contributed by atoms with Crippen LogP contribution in [0.1, 0.15) is 194 Å². The maximum Gasteiger partial charge on any atom is 0.472 e. The second-order valence-corrected chi connectivity index (χ2v) is 18.5. The predicted octanol–water partition coefficient (Wildman–Crippen LogP) is 8.14. The van der Waals surface area contributed by atoms with E-state index in [1.807, 2.05) is 6.08 Å². The van der Waals surface area contributed by atoms with Crippen molar-refractivity contribution in [2.45, 2.75) is 249 Å². The molecule has 0 saturated heterocycles. The lowest BCUT2D eigenvalue weighted by Gasteiger charge is -2.41. The number of hydrogen-bond donors (Lipinski definition) is 9. The Balaban J connectivity index is 2.52. The van der Waals surface area contributed by atoms with Gasteiger partial charge in [-0.3, -0.25) is 13.8 Å². The van der Waals surface area contributed by atoms with Crippen LogP contribution in [0.2, 0.25) is 0 Å². The van der Waals surface area contributed by atoms with E-state index in [2.05, 4.69) is 37.4 Å². The first-order valence-corrected chi connectivity index (χ1v) is 25.5. The number of hydrogen-bond acceptors (Lipinski definition) is 11. The van der Waals surface area contributed by atoms with Crippen molar-refractivity contribution in [2.75, 3.05) is 6.61 Å². The number of aliphatic hydroxyl groups excluding tert-OH is 7. The number of phosphoric acid groups is 1. The van der Waals surface area contributed by atoms with Gasteiger partial charge in [0.15, 0.2) is 0 Å². The highest BCUT2D eigenvalue weighted by atomic mass is 31.2. The van der Waals surface area contributed by atoms with Gasteiger partial charge < -0.3 is 46.0 Å². The van der Waals surface area contributed by atoms with Crippen LogP contribution in [0.3, 0.4) is 0 Å². The summed E-state index contributed by atoms with van der Waals surface area (Å²) in [4.78, 5) is 23.4. The van der Waals surface area contributed by atoms with Gasteiger partial charge in [-0.1, -0.05) is 179 Å². The highest BCUT2D eigenvalue weighted by molar-refractivity contribution is 7.47. The predicted molar refractivity (Wildman–Crippen MR) is 243 cm³/mol. The quantitative estimate of drug-likeness (QED) is 0.0162. The Bertz CT molecular complexity index is 1190. The molecule has 1 saturated carbocycles. The standard InChI is InChI=1S/C47H88NO12P/c1-3-5-7-9-11-13-15-17-18-19-20-21-23-24-26-28-30-32-34-38(49)36-41(51)48-39(40(50)35-33-31-29-27-25-22-16-14-12-10-8-6-4-2)37-59-61(57,58)60-47-45(55)43(53)42(52)44(54)46(47)56/h12,14,25,27,33,35,38-40,42-47,49-50,52-56H,3-11,13,15-24,26,28-32,34,36-37H2,1-2H3,(H,48,51)(H,57,58)/b14-12+,27-25+,35-33+. The third-order valence-electron chi connectivity index (χ3n) is 11.5. The Labute approximate surface area is 368 Å². The molecule has 13 nitrogen and oxygen atoms in total. The van der Waals surface area contributed by atoms with Gasteiger partial charge in [0.25, 0.3) is 0 Å². The Morgan fingerprint density at radius 2 is 0.967 bits per heavy atom. The van der Waals surface area contributed by atoms with E-state index in [-0.39, 0.29) is 6.42 Å². The van der Waals surface area contributed by atoms with E-state index in [1.165, 1.54) is 115 Å². The monoisotopic (exact) mass is 890 g/mol. The van der Waals surface area contributed by atoms with E-state index >= 15 is 0 Å². The van der Waals surface area contributed by atoms with Gasteiger partial charge in [-0.2, -0.15) is 0 Å². The Morgan fingerprint density at radius 3 is 1.44 bits per heavy atom. The largest absolute Gasteiger partial charge is 0.472 e. The number of carbonyl (C=O) groups is 1. The number of amides is 1. The summed E-state index contributed by atoms with van der Waals surface area (Å²) in [5.41, 5.74) is 0. The van der Waals surface area contributed by atoms with Gasteiger partial charge in [0.05, 0.1) is 31.3 Å². The minimum absolute atomic E-state index is 0.254. The summed E-state index contributed by atoms with van der Waals surface area (Å²) < 4.78 is 22.8. The van der Waals surface area contributed by atoms with Crippen molar-refractivity contribution < 1.29 is 59.0 Å². The zero-order chi connectivity index (χ0) is 45.1. The fraction of sp³-hybridized carbons (Fsp3) is 0.851. The Hall–Kier alpha value is -1.48. The molecule has 358 valence electrons. The van der Waals surface area contributed by atoms with Crippen molar-refractivity contribution in [2.24, 2.45) is 0 Å². The lowest BCUT2D eigenvalue weighted by Crippen LogP contribution is -2.64. The number of aliphatic hydroxyl groups is 7. The topological polar surface area (TPSA) is 226 Å². The average molecular weight is 890 g/mol. The van der Waals surface area contributed by atoms with Crippen molar-refractivity contribution in [3.8, 4) is 0 Å². The maximum absolute atomic E-state index is 13.0. The van der Waals surface area contributed by atoms with Crippen LogP contribution in [0.5, 0.6) is 0 Å². The highest BCUT2D eigenvalue weighted by Gasteiger charge is 2.51. The van der Waals surface area contributed by atoms with Gasteiger partial charge in [0.2, 0.25) is 5.91 Å². The summed E-state index contributed by atoms with van der Waals surface area (Å²) in [6.07, 6.45) is 28.1. The molecule has 0 aromatic rings. The normalized spacial score (nSPS) is 23.5. The van der Waals surface area contributed by atoms with E-state index in [9.17, 15) is 50.0 Å². The summed E-state index contributed by atoms with van der Waals surface area (Å²) in [6.45, 7) is 3.69. The smallest absolute Gasteiger partial charge is 0.393 e. The zero-order valence-electron chi connectivity index (χ0n) is 37.8. The van der Waals surface area contributed by atoms with Gasteiger partial charge in [0.1, 0.15) is 36.6 Å². The van der Waals surface area contributed by atoms with Crippen LogP contribution in [0.4, 0.5) is 0 Å². The van der Waals surface area contributed by atoms with Crippen LogP contribution in [-0.2, 0) is 18.4 Å². The summed E-state index contributed by atoms with van der Waals surface area (Å²) in [7, 11) is -5.15. The molecule has 0 bridgehead atoms. The molecule has 0 heterocycles. The molecule has 0 radical (unpaired) electrons. The molecule has 61 heavy (non-hydrogen) atoms. The molecule has 0 spiro atoms. The molecule has 1 fully saturated rings. The summed E-state index contributed by atoms with van der Waals surface area (Å²) >= 11 is 0. The number of unbranched alkanes of at least 4 members (excludes halogenated alkanes) is 22. The lowest BCUT2D eigenvalue weighted by molar-refractivity contribution is -0.220. The minimum atomic E-state index is -5.15. The van der Waals surface area contributed by atoms with Crippen LogP contribution < -0.4 is 5.32 Å². The lowest BCUT2D eigenvalue weighted by atomic mass is 9.85. The molecule has 1 aliphatic carbocycles. The molecule has 1 rings (SSSR count). The second-order valence-electron chi connectivity index (χ2n) is 17.1. The summed E-state index contributed by atoms with van der Waals surface area (Å²) in [5, 5.41) is 74.4. The van der Waals surface area contributed by atoms with Gasteiger partial charge >= 0.3 is 7.82 Å². The number of carbonyl (C=O) groups excluding carboxylic acids is 1. The van der Waals surface area contributed by atoms with Crippen LogP contribution in [-0.4, -0.2) is 108 Å². The van der Waals surface area contributed by atoms with E-state index in [4.69, 9.17) is 9.05 Å². The number of phosphoric ester groups is 1. The van der Waals surface area contributed by atoms with Crippen LogP contribution >= 0.6 is 7.82 Å². The van der Waals surface area contributed by atoms with Crippen LogP contribution in [0.25, 0.3) is 0 Å². The fourth-order valence-electron chi connectivity index (χ4n) is 7.51. The molecule has 8 unspecified atom stereocenters. The van der Waals surface area contributed by atoms with Gasteiger partial charge in [-0.15, -0.1) is 0 Å². The molecule has 0 aromatic carbocycles. The van der Waals surface area contributed by atoms with Gasteiger partial charge in [-0.05, 0) is 44.9 Å². The van der Waals surface area contributed by atoms with Crippen LogP contribution in [0, 0.1) is 0 Å². The Kier molecular flexibility index (Phi) is 34.7. The van der Waals surface area contributed by atoms with Crippen molar-refractivity contribution in [1.29, 1.82) is 0 Å². The van der Waals surface area contributed by atoms with Crippen molar-refractivity contribution in [3.63, 3.8) is 0 Å². The Morgan fingerprint density at radius 1 is 0.574 bits per heavy atom. The third-order valence-corrected chi connectivity index (χ3v) is 12.4. The summed E-state index contributed by atoms with van der Waals surface area (Å²) in [5.74, 6) is -0.606. The fourth-order valence-corrected chi connectivity index (χ4v) is 8.47. The highest BCUT2D eigenvalue weighted by Crippen LogP contribution is 2.47. The minimum Gasteiger partial charge on any atom is -0.393 e. The molecule has 14 heteroatoms.